The fourth-order valence-electron chi connectivity index (χ4n) is 2.98. The second kappa shape index (κ2) is 9.11. The van der Waals surface area contributed by atoms with Crippen molar-refractivity contribution in [2.24, 2.45) is 0 Å². The molecule has 25 heavy (non-hydrogen) atoms. The van der Waals surface area contributed by atoms with Gasteiger partial charge in [-0.1, -0.05) is 12.1 Å². The molecule has 130 valence electrons. The van der Waals surface area contributed by atoms with Crippen molar-refractivity contribution in [3.8, 4) is 6.07 Å². The van der Waals surface area contributed by atoms with Gasteiger partial charge in [0.1, 0.15) is 0 Å². The van der Waals surface area contributed by atoms with Gasteiger partial charge >= 0.3 is 0 Å². The molecule has 0 atom stereocenters. The van der Waals surface area contributed by atoms with Gasteiger partial charge in [0.25, 0.3) is 0 Å². The molecule has 0 unspecified atom stereocenters. The van der Waals surface area contributed by atoms with Crippen LogP contribution in [0, 0.1) is 11.3 Å². The van der Waals surface area contributed by atoms with Gasteiger partial charge in [0, 0.05) is 45.1 Å². The molecule has 0 bridgehead atoms. The molecular formula is C19H24N6. The Morgan fingerprint density at radius 1 is 1.04 bits per heavy atom. The van der Waals surface area contributed by atoms with Crippen molar-refractivity contribution in [3.05, 3.63) is 53.9 Å². The molecule has 0 saturated carbocycles. The Morgan fingerprint density at radius 2 is 1.76 bits per heavy atom. The first-order valence-electron chi connectivity index (χ1n) is 8.79. The summed E-state index contributed by atoms with van der Waals surface area (Å²) in [7, 11) is 0. The molecule has 0 amide bonds. The Morgan fingerprint density at radius 3 is 2.44 bits per heavy atom. The van der Waals surface area contributed by atoms with Gasteiger partial charge in [-0.3, -0.25) is 4.90 Å². The maximum Gasteiger partial charge on any atom is 0.225 e. The molecular weight excluding hydrogens is 312 g/mol. The van der Waals surface area contributed by atoms with Crippen molar-refractivity contribution in [3.63, 3.8) is 0 Å². The molecule has 2 aromatic rings. The minimum absolute atomic E-state index is 0.712. The van der Waals surface area contributed by atoms with Gasteiger partial charge in [0.05, 0.1) is 11.6 Å². The number of nitrogens with zero attached hydrogens (tertiary/aromatic N) is 5. The molecule has 0 spiro atoms. The van der Waals surface area contributed by atoms with Crippen molar-refractivity contribution in [2.75, 3.05) is 44.2 Å². The number of anilines is 1. The number of nitriles is 1. The maximum absolute atomic E-state index is 8.80. The summed E-state index contributed by atoms with van der Waals surface area (Å²) in [5.41, 5.74) is 1.93. The lowest BCUT2D eigenvalue weighted by Gasteiger charge is -2.34. The van der Waals surface area contributed by atoms with E-state index in [4.69, 9.17) is 5.26 Å². The number of hydrogen-bond donors (Lipinski definition) is 1. The third-order valence-corrected chi connectivity index (χ3v) is 4.45. The van der Waals surface area contributed by atoms with Crippen LogP contribution in [0.4, 0.5) is 5.95 Å². The Bertz CT molecular complexity index is 671. The molecule has 1 aliphatic heterocycles. The second-order valence-corrected chi connectivity index (χ2v) is 6.22. The second-order valence-electron chi connectivity index (χ2n) is 6.22. The topological polar surface area (TPSA) is 68.1 Å². The lowest BCUT2D eigenvalue weighted by atomic mass is 10.1. The molecule has 6 nitrogen and oxygen atoms in total. The van der Waals surface area contributed by atoms with Crippen LogP contribution >= 0.6 is 0 Å². The molecule has 1 fully saturated rings. The Balaban J connectivity index is 1.29. The first kappa shape index (κ1) is 17.3. The summed E-state index contributed by atoms with van der Waals surface area (Å²) in [6.45, 7) is 7.07. The smallest absolute Gasteiger partial charge is 0.225 e. The molecule has 2 heterocycles. The van der Waals surface area contributed by atoms with Crippen molar-refractivity contribution in [1.82, 2.24) is 20.2 Å². The summed E-state index contributed by atoms with van der Waals surface area (Å²) in [4.78, 5) is 13.4. The average molecular weight is 336 g/mol. The summed E-state index contributed by atoms with van der Waals surface area (Å²) in [6.07, 6.45) is 4.74. The molecule has 1 aromatic carbocycles. The van der Waals surface area contributed by atoms with Crippen LogP contribution in [0.1, 0.15) is 17.5 Å². The third-order valence-electron chi connectivity index (χ3n) is 4.45. The fourth-order valence-corrected chi connectivity index (χ4v) is 2.98. The van der Waals surface area contributed by atoms with E-state index in [1.54, 1.807) is 12.4 Å². The Kier molecular flexibility index (Phi) is 6.32. The van der Waals surface area contributed by atoms with E-state index in [0.29, 0.717) is 5.56 Å². The van der Waals surface area contributed by atoms with Gasteiger partial charge in [-0.25, -0.2) is 9.97 Å². The monoisotopic (exact) mass is 336 g/mol. The van der Waals surface area contributed by atoms with Gasteiger partial charge in [-0.15, -0.1) is 0 Å². The zero-order chi connectivity index (χ0) is 17.3. The number of aromatic nitrogens is 2. The minimum Gasteiger partial charge on any atom is -0.338 e. The van der Waals surface area contributed by atoms with Crippen molar-refractivity contribution < 1.29 is 0 Å². The highest BCUT2D eigenvalue weighted by molar-refractivity contribution is 5.31. The Labute approximate surface area is 149 Å². The highest BCUT2D eigenvalue weighted by atomic mass is 15.3. The van der Waals surface area contributed by atoms with Crippen molar-refractivity contribution in [2.45, 2.75) is 13.0 Å². The van der Waals surface area contributed by atoms with E-state index in [1.807, 2.05) is 30.3 Å². The van der Waals surface area contributed by atoms with Gasteiger partial charge in [-0.05, 0) is 43.3 Å². The zero-order valence-electron chi connectivity index (χ0n) is 14.4. The zero-order valence-corrected chi connectivity index (χ0v) is 14.4. The van der Waals surface area contributed by atoms with E-state index in [0.717, 1.165) is 58.2 Å². The van der Waals surface area contributed by atoms with Gasteiger partial charge in [0.15, 0.2) is 0 Å². The summed E-state index contributed by atoms with van der Waals surface area (Å²) in [5.74, 6) is 0.839. The highest BCUT2D eigenvalue weighted by Gasteiger charge is 2.17. The SMILES string of the molecule is N#Cc1ccc(CNCCCN2CCN(c3ncccn3)CC2)cc1. The molecule has 1 N–H and O–H groups in total. The first-order chi connectivity index (χ1) is 12.3. The van der Waals surface area contributed by atoms with Crippen LogP contribution in [0.15, 0.2) is 42.7 Å². The fraction of sp³-hybridized carbons (Fsp3) is 0.421. The largest absolute Gasteiger partial charge is 0.338 e. The van der Waals surface area contributed by atoms with E-state index in [1.165, 1.54) is 5.56 Å². The lowest BCUT2D eigenvalue weighted by Crippen LogP contribution is -2.47. The molecule has 1 aromatic heterocycles. The molecule has 0 aliphatic carbocycles. The normalized spacial score (nSPS) is 15.1. The quantitative estimate of drug-likeness (QED) is 0.776. The molecule has 1 saturated heterocycles. The van der Waals surface area contributed by atoms with E-state index >= 15 is 0 Å². The third kappa shape index (κ3) is 5.24. The predicted molar refractivity (Wildman–Crippen MR) is 98.2 cm³/mol. The van der Waals surface area contributed by atoms with Crippen molar-refractivity contribution >= 4 is 5.95 Å². The van der Waals surface area contributed by atoms with Crippen LogP contribution in [-0.4, -0.2) is 54.1 Å². The molecule has 1 aliphatic rings. The number of benzene rings is 1. The standard InChI is InChI=1S/C19H24N6/c20-15-17-3-5-18(6-4-17)16-21-7-2-10-24-11-13-25(14-12-24)19-22-8-1-9-23-19/h1,3-6,8-9,21H,2,7,10-14,16H2. The number of piperazine rings is 1. The van der Waals surface area contributed by atoms with Crippen LogP contribution in [0.5, 0.6) is 0 Å². The van der Waals surface area contributed by atoms with Crippen LogP contribution in [0.25, 0.3) is 0 Å². The Hall–Kier alpha value is -2.49. The van der Waals surface area contributed by atoms with Crippen molar-refractivity contribution in [1.29, 1.82) is 5.26 Å². The maximum atomic E-state index is 8.80. The minimum atomic E-state index is 0.712. The number of rotatable bonds is 7. The van der Waals surface area contributed by atoms with E-state index in [-0.39, 0.29) is 0 Å². The van der Waals surface area contributed by atoms with Gasteiger partial charge in [-0.2, -0.15) is 5.26 Å². The molecule has 3 rings (SSSR count). The summed E-state index contributed by atoms with van der Waals surface area (Å²) in [6, 6.07) is 11.8. The van der Waals surface area contributed by atoms with Crippen LogP contribution in [-0.2, 0) is 6.54 Å². The lowest BCUT2D eigenvalue weighted by molar-refractivity contribution is 0.253. The number of nitrogens with one attached hydrogen (secondary N) is 1. The van der Waals surface area contributed by atoms with Crippen LogP contribution < -0.4 is 10.2 Å². The highest BCUT2D eigenvalue weighted by Crippen LogP contribution is 2.09. The average Bonchev–Trinajstić information content (AvgIpc) is 2.69. The van der Waals surface area contributed by atoms with E-state index < -0.39 is 0 Å². The predicted octanol–water partition coefficient (Wildman–Crippen LogP) is 1.65. The molecule has 0 radical (unpaired) electrons. The van der Waals surface area contributed by atoms with Crippen LogP contribution in [0.2, 0.25) is 0 Å². The summed E-state index contributed by atoms with van der Waals surface area (Å²) < 4.78 is 0. The van der Waals surface area contributed by atoms with E-state index in [9.17, 15) is 0 Å². The van der Waals surface area contributed by atoms with Crippen LogP contribution in [0.3, 0.4) is 0 Å². The number of hydrogen-bond acceptors (Lipinski definition) is 6. The van der Waals surface area contributed by atoms with Gasteiger partial charge < -0.3 is 10.2 Å². The summed E-state index contributed by atoms with van der Waals surface area (Å²) >= 11 is 0. The summed E-state index contributed by atoms with van der Waals surface area (Å²) in [5, 5.41) is 12.3. The molecule has 6 heteroatoms. The van der Waals surface area contributed by atoms with Gasteiger partial charge in [0.2, 0.25) is 5.95 Å². The van der Waals surface area contributed by atoms with E-state index in [2.05, 4.69) is 31.2 Å². The first-order valence-corrected chi connectivity index (χ1v) is 8.79.